The summed E-state index contributed by atoms with van der Waals surface area (Å²) < 4.78 is 10.0. The van der Waals surface area contributed by atoms with Crippen LogP contribution in [-0.2, 0) is 11.3 Å². The highest BCUT2D eigenvalue weighted by Gasteiger charge is 2.16. The number of benzene rings is 1. The number of carbonyl (C=O) groups excluding carboxylic acids is 1. The Balaban J connectivity index is 2.10. The molecule has 6 heteroatoms. The summed E-state index contributed by atoms with van der Waals surface area (Å²) in [7, 11) is 2.90. The third kappa shape index (κ3) is 4.88. The van der Waals surface area contributed by atoms with Crippen LogP contribution in [0, 0.1) is 0 Å². The summed E-state index contributed by atoms with van der Waals surface area (Å²) in [4.78, 5) is 16.5. The first-order valence-corrected chi connectivity index (χ1v) is 8.48. The molecule has 0 spiro atoms. The van der Waals surface area contributed by atoms with Gasteiger partial charge in [0, 0.05) is 12.6 Å². The zero-order chi connectivity index (χ0) is 17.4. The predicted molar refractivity (Wildman–Crippen MR) is 94.5 cm³/mol. The highest BCUT2D eigenvalue weighted by atomic mass is 16.5. The molecule has 0 aromatic heterocycles. The van der Waals surface area contributed by atoms with E-state index in [1.54, 1.807) is 12.1 Å². The number of carbonyl (C=O) groups is 1. The minimum absolute atomic E-state index is 0.409. The smallest absolute Gasteiger partial charge is 0.341 e. The molecule has 24 heavy (non-hydrogen) atoms. The van der Waals surface area contributed by atoms with Crippen molar-refractivity contribution in [2.75, 3.05) is 20.8 Å². The Bertz CT molecular complexity index is 581. The Kier molecular flexibility index (Phi) is 6.90. The second-order valence-corrected chi connectivity index (χ2v) is 5.85. The second-order valence-electron chi connectivity index (χ2n) is 5.85. The van der Waals surface area contributed by atoms with E-state index in [0.717, 1.165) is 18.1 Å². The molecule has 2 N–H and O–H groups in total. The molecule has 0 radical (unpaired) electrons. The van der Waals surface area contributed by atoms with E-state index >= 15 is 0 Å². The summed E-state index contributed by atoms with van der Waals surface area (Å²) in [6.07, 6.45) is 4.94. The Morgan fingerprint density at radius 1 is 1.29 bits per heavy atom. The number of hydrogen-bond donors (Lipinski definition) is 2. The normalized spacial score (nSPS) is 15.2. The maximum atomic E-state index is 11.9. The lowest BCUT2D eigenvalue weighted by atomic mass is 10.1. The van der Waals surface area contributed by atoms with Crippen molar-refractivity contribution in [1.82, 2.24) is 10.6 Å². The summed E-state index contributed by atoms with van der Waals surface area (Å²) in [5, 5.41) is 6.75. The summed E-state index contributed by atoms with van der Waals surface area (Å²) in [6.45, 7) is 3.35. The molecule has 1 aliphatic carbocycles. The summed E-state index contributed by atoms with van der Waals surface area (Å²) in [5.41, 5.74) is 1.35. The van der Waals surface area contributed by atoms with E-state index in [1.807, 2.05) is 6.07 Å². The van der Waals surface area contributed by atoms with Crippen molar-refractivity contribution in [3.8, 4) is 5.75 Å². The molecule has 1 fully saturated rings. The van der Waals surface area contributed by atoms with Gasteiger partial charge in [-0.3, -0.25) is 0 Å². The number of nitrogens with one attached hydrogen (secondary N) is 2. The average Bonchev–Trinajstić information content (AvgIpc) is 3.12. The van der Waals surface area contributed by atoms with E-state index < -0.39 is 5.97 Å². The lowest BCUT2D eigenvalue weighted by Gasteiger charge is -2.16. The van der Waals surface area contributed by atoms with Gasteiger partial charge in [-0.05, 0) is 37.5 Å². The Morgan fingerprint density at radius 3 is 2.67 bits per heavy atom. The van der Waals surface area contributed by atoms with Crippen LogP contribution in [0.2, 0.25) is 0 Å². The van der Waals surface area contributed by atoms with Crippen molar-refractivity contribution in [2.45, 2.75) is 45.2 Å². The molecular formula is C18H27N3O3. The van der Waals surface area contributed by atoms with Crippen LogP contribution in [0.25, 0.3) is 0 Å². The zero-order valence-corrected chi connectivity index (χ0v) is 14.7. The number of aliphatic imine (C=N–C) groups is 1. The molecular weight excluding hydrogens is 306 g/mol. The summed E-state index contributed by atoms with van der Waals surface area (Å²) in [5.74, 6) is 0.916. The van der Waals surface area contributed by atoms with Gasteiger partial charge < -0.3 is 20.1 Å². The maximum absolute atomic E-state index is 11.9. The first kappa shape index (κ1) is 18.1. The molecule has 0 amide bonds. The molecule has 132 valence electrons. The zero-order valence-electron chi connectivity index (χ0n) is 14.7. The van der Waals surface area contributed by atoms with Crippen molar-refractivity contribution in [3.63, 3.8) is 0 Å². The number of ether oxygens (including phenoxy) is 2. The fourth-order valence-corrected chi connectivity index (χ4v) is 2.88. The predicted octanol–water partition coefficient (Wildman–Crippen LogP) is 2.48. The van der Waals surface area contributed by atoms with Gasteiger partial charge in [0.1, 0.15) is 11.3 Å². The van der Waals surface area contributed by atoms with E-state index in [-0.39, 0.29) is 0 Å². The summed E-state index contributed by atoms with van der Waals surface area (Å²) in [6, 6.07) is 5.96. The van der Waals surface area contributed by atoms with E-state index in [0.29, 0.717) is 23.9 Å². The molecule has 0 unspecified atom stereocenters. The lowest BCUT2D eigenvalue weighted by molar-refractivity contribution is 0.0597. The van der Waals surface area contributed by atoms with E-state index in [9.17, 15) is 4.79 Å². The molecule has 6 nitrogen and oxygen atoms in total. The van der Waals surface area contributed by atoms with Crippen LogP contribution in [0.1, 0.15) is 48.5 Å². The van der Waals surface area contributed by atoms with Crippen molar-refractivity contribution in [1.29, 1.82) is 0 Å². The number of nitrogens with zero attached hydrogens (tertiary/aromatic N) is 1. The highest BCUT2D eigenvalue weighted by Crippen LogP contribution is 2.21. The fraction of sp³-hybridized carbons (Fsp3) is 0.556. The third-order valence-electron chi connectivity index (χ3n) is 4.13. The quantitative estimate of drug-likeness (QED) is 0.475. The largest absolute Gasteiger partial charge is 0.496 e. The van der Waals surface area contributed by atoms with Gasteiger partial charge >= 0.3 is 5.97 Å². The number of esters is 1. The van der Waals surface area contributed by atoms with Crippen LogP contribution >= 0.6 is 0 Å². The van der Waals surface area contributed by atoms with Gasteiger partial charge in [0.05, 0.1) is 20.8 Å². The second kappa shape index (κ2) is 9.15. The van der Waals surface area contributed by atoms with Crippen molar-refractivity contribution >= 4 is 11.9 Å². The van der Waals surface area contributed by atoms with Crippen LogP contribution in [0.3, 0.4) is 0 Å². The Hall–Kier alpha value is -2.24. The van der Waals surface area contributed by atoms with Crippen molar-refractivity contribution in [3.05, 3.63) is 29.3 Å². The molecule has 1 aromatic carbocycles. The van der Waals surface area contributed by atoms with Gasteiger partial charge in [0.15, 0.2) is 5.96 Å². The average molecular weight is 333 g/mol. The van der Waals surface area contributed by atoms with Gasteiger partial charge in [0.25, 0.3) is 0 Å². The highest BCUT2D eigenvalue weighted by molar-refractivity contribution is 5.92. The minimum atomic E-state index is -0.409. The fourth-order valence-electron chi connectivity index (χ4n) is 2.88. The molecule has 0 aliphatic heterocycles. The molecule has 0 saturated heterocycles. The maximum Gasteiger partial charge on any atom is 0.341 e. The van der Waals surface area contributed by atoms with Gasteiger partial charge in [-0.1, -0.05) is 18.9 Å². The van der Waals surface area contributed by atoms with Crippen LogP contribution in [-0.4, -0.2) is 38.7 Å². The minimum Gasteiger partial charge on any atom is -0.496 e. The number of methoxy groups -OCH3 is 2. The molecule has 1 saturated carbocycles. The molecule has 1 aromatic rings. The van der Waals surface area contributed by atoms with Crippen molar-refractivity contribution in [2.24, 2.45) is 4.99 Å². The lowest BCUT2D eigenvalue weighted by Crippen LogP contribution is -2.42. The number of guanidine groups is 1. The third-order valence-corrected chi connectivity index (χ3v) is 4.13. The Labute approximate surface area is 143 Å². The monoisotopic (exact) mass is 333 g/mol. The van der Waals surface area contributed by atoms with Crippen LogP contribution in [0.15, 0.2) is 23.2 Å². The molecule has 1 aliphatic rings. The van der Waals surface area contributed by atoms with Crippen LogP contribution in [0.5, 0.6) is 5.75 Å². The van der Waals surface area contributed by atoms with Gasteiger partial charge in [-0.25, -0.2) is 9.79 Å². The number of hydrogen-bond acceptors (Lipinski definition) is 4. The standard InChI is InChI=1S/C18H27N3O3/c1-4-19-18(21-14-7-5-6-8-14)20-12-13-9-10-16(23-2)15(11-13)17(22)24-3/h9-11,14H,4-8,12H2,1-3H3,(H2,19,20,21). The molecule has 0 atom stereocenters. The first-order chi connectivity index (χ1) is 11.7. The summed E-state index contributed by atoms with van der Waals surface area (Å²) >= 11 is 0. The van der Waals surface area contributed by atoms with E-state index in [4.69, 9.17) is 9.47 Å². The van der Waals surface area contributed by atoms with Gasteiger partial charge in [-0.2, -0.15) is 0 Å². The van der Waals surface area contributed by atoms with Gasteiger partial charge in [-0.15, -0.1) is 0 Å². The Morgan fingerprint density at radius 2 is 2.04 bits per heavy atom. The van der Waals surface area contributed by atoms with Crippen LogP contribution in [0.4, 0.5) is 0 Å². The van der Waals surface area contributed by atoms with Crippen molar-refractivity contribution < 1.29 is 14.3 Å². The molecule has 0 heterocycles. The SMILES string of the molecule is CCNC(=NCc1ccc(OC)c(C(=O)OC)c1)NC1CCCC1. The van der Waals surface area contributed by atoms with Gasteiger partial charge in [0.2, 0.25) is 0 Å². The molecule has 0 bridgehead atoms. The van der Waals surface area contributed by atoms with E-state index in [1.165, 1.54) is 39.9 Å². The number of rotatable bonds is 6. The first-order valence-electron chi connectivity index (χ1n) is 8.48. The topological polar surface area (TPSA) is 72.0 Å². The van der Waals surface area contributed by atoms with Crippen LogP contribution < -0.4 is 15.4 Å². The van der Waals surface area contributed by atoms with E-state index in [2.05, 4.69) is 22.5 Å². The molecule has 2 rings (SSSR count).